The standard InChI is InChI=1S/C18H21NO/c1-12(2)14(4)18(20)16-7-5-15(6-8-16)17-11-13(3)9-10-19-17/h5-12,14H,1-4H3. The summed E-state index contributed by atoms with van der Waals surface area (Å²) in [5, 5.41) is 0. The van der Waals surface area contributed by atoms with Crippen molar-refractivity contribution in [3.8, 4) is 11.3 Å². The molecule has 0 fully saturated rings. The van der Waals surface area contributed by atoms with Crippen molar-refractivity contribution in [1.29, 1.82) is 0 Å². The lowest BCUT2D eigenvalue weighted by Gasteiger charge is -2.14. The van der Waals surface area contributed by atoms with E-state index in [1.165, 1.54) is 5.56 Å². The Kier molecular flexibility index (Phi) is 4.33. The molecule has 0 aliphatic heterocycles. The minimum absolute atomic E-state index is 0.0537. The molecule has 2 nitrogen and oxygen atoms in total. The topological polar surface area (TPSA) is 30.0 Å². The largest absolute Gasteiger partial charge is 0.294 e. The molecule has 0 spiro atoms. The van der Waals surface area contributed by atoms with Crippen molar-refractivity contribution in [2.75, 3.05) is 0 Å². The van der Waals surface area contributed by atoms with Crippen LogP contribution in [0.2, 0.25) is 0 Å². The molecule has 0 aliphatic carbocycles. The van der Waals surface area contributed by atoms with Crippen LogP contribution >= 0.6 is 0 Å². The molecule has 1 aromatic carbocycles. The van der Waals surface area contributed by atoms with Crippen LogP contribution in [-0.4, -0.2) is 10.8 Å². The average Bonchev–Trinajstić information content (AvgIpc) is 2.46. The zero-order valence-corrected chi connectivity index (χ0v) is 12.6. The maximum absolute atomic E-state index is 12.3. The number of carbonyl (C=O) groups is 1. The number of carbonyl (C=O) groups excluding carboxylic acids is 1. The van der Waals surface area contributed by atoms with Crippen LogP contribution in [0, 0.1) is 18.8 Å². The van der Waals surface area contributed by atoms with Gasteiger partial charge in [0.15, 0.2) is 5.78 Å². The molecular formula is C18H21NO. The molecule has 1 atom stereocenters. The highest BCUT2D eigenvalue weighted by Crippen LogP contribution is 2.21. The number of hydrogen-bond acceptors (Lipinski definition) is 2. The first-order valence-electron chi connectivity index (χ1n) is 7.06. The maximum atomic E-state index is 12.3. The van der Waals surface area contributed by atoms with Crippen LogP contribution in [0.25, 0.3) is 11.3 Å². The Balaban J connectivity index is 2.25. The monoisotopic (exact) mass is 267 g/mol. The highest BCUT2D eigenvalue weighted by molar-refractivity contribution is 5.98. The van der Waals surface area contributed by atoms with Crippen LogP contribution in [-0.2, 0) is 0 Å². The Bertz CT molecular complexity index is 599. The van der Waals surface area contributed by atoms with E-state index in [9.17, 15) is 4.79 Å². The van der Waals surface area contributed by atoms with Crippen LogP contribution in [0.5, 0.6) is 0 Å². The molecule has 0 N–H and O–H groups in total. The third-order valence-electron chi connectivity index (χ3n) is 3.79. The van der Waals surface area contributed by atoms with Gasteiger partial charge in [0.2, 0.25) is 0 Å². The first-order valence-corrected chi connectivity index (χ1v) is 7.06. The molecule has 0 aliphatic rings. The van der Waals surface area contributed by atoms with Crippen LogP contribution < -0.4 is 0 Å². The second-order valence-corrected chi connectivity index (χ2v) is 5.69. The van der Waals surface area contributed by atoms with Crippen molar-refractivity contribution in [2.45, 2.75) is 27.7 Å². The minimum atomic E-state index is 0.0537. The fraction of sp³-hybridized carbons (Fsp3) is 0.333. The maximum Gasteiger partial charge on any atom is 0.165 e. The van der Waals surface area contributed by atoms with Gasteiger partial charge in [0.1, 0.15) is 0 Å². The summed E-state index contributed by atoms with van der Waals surface area (Å²) in [6.45, 7) is 8.19. The van der Waals surface area contributed by atoms with Gasteiger partial charge in [-0.25, -0.2) is 0 Å². The molecule has 2 aromatic rings. The molecule has 0 saturated carbocycles. The lowest BCUT2D eigenvalue weighted by atomic mass is 9.89. The van der Waals surface area contributed by atoms with Crippen molar-refractivity contribution in [2.24, 2.45) is 11.8 Å². The number of benzene rings is 1. The molecule has 0 saturated heterocycles. The summed E-state index contributed by atoms with van der Waals surface area (Å²) >= 11 is 0. The Morgan fingerprint density at radius 3 is 2.25 bits per heavy atom. The van der Waals surface area contributed by atoms with E-state index in [0.717, 1.165) is 16.8 Å². The van der Waals surface area contributed by atoms with Crippen molar-refractivity contribution < 1.29 is 4.79 Å². The van der Waals surface area contributed by atoms with E-state index in [0.29, 0.717) is 5.92 Å². The zero-order valence-electron chi connectivity index (χ0n) is 12.6. The Morgan fingerprint density at radius 2 is 1.70 bits per heavy atom. The van der Waals surface area contributed by atoms with E-state index in [-0.39, 0.29) is 11.7 Å². The van der Waals surface area contributed by atoms with Gasteiger partial charge in [-0.3, -0.25) is 9.78 Å². The third-order valence-corrected chi connectivity index (χ3v) is 3.79. The van der Waals surface area contributed by atoms with Gasteiger partial charge in [-0.15, -0.1) is 0 Å². The van der Waals surface area contributed by atoms with Gasteiger partial charge < -0.3 is 0 Å². The highest BCUT2D eigenvalue weighted by Gasteiger charge is 2.18. The summed E-state index contributed by atoms with van der Waals surface area (Å²) in [7, 11) is 0. The van der Waals surface area contributed by atoms with Gasteiger partial charge in [0, 0.05) is 23.2 Å². The molecular weight excluding hydrogens is 246 g/mol. The number of aromatic nitrogens is 1. The number of nitrogens with zero attached hydrogens (tertiary/aromatic N) is 1. The smallest absolute Gasteiger partial charge is 0.165 e. The molecule has 1 unspecified atom stereocenters. The molecule has 104 valence electrons. The zero-order chi connectivity index (χ0) is 14.7. The van der Waals surface area contributed by atoms with Gasteiger partial charge in [0.05, 0.1) is 5.69 Å². The van der Waals surface area contributed by atoms with Crippen LogP contribution in [0.15, 0.2) is 42.6 Å². The minimum Gasteiger partial charge on any atom is -0.294 e. The SMILES string of the molecule is Cc1ccnc(-c2ccc(C(=O)C(C)C(C)C)cc2)c1. The molecule has 1 aromatic heterocycles. The first kappa shape index (κ1) is 14.4. The van der Waals surface area contributed by atoms with Crippen molar-refractivity contribution in [3.63, 3.8) is 0 Å². The Hall–Kier alpha value is -1.96. The highest BCUT2D eigenvalue weighted by atomic mass is 16.1. The normalized spacial score (nSPS) is 12.4. The summed E-state index contributed by atoms with van der Waals surface area (Å²) in [5.74, 6) is 0.627. The van der Waals surface area contributed by atoms with E-state index in [2.05, 4.69) is 18.8 Å². The first-order chi connectivity index (χ1) is 9.49. The molecule has 0 bridgehead atoms. The fourth-order valence-electron chi connectivity index (χ4n) is 2.06. The average molecular weight is 267 g/mol. The van der Waals surface area contributed by atoms with Gasteiger partial charge >= 0.3 is 0 Å². The number of Topliss-reactive ketones (excluding diaryl/α,β-unsaturated/α-hetero) is 1. The fourth-order valence-corrected chi connectivity index (χ4v) is 2.06. The Morgan fingerprint density at radius 1 is 1.05 bits per heavy atom. The summed E-state index contributed by atoms with van der Waals surface area (Å²) in [6, 6.07) is 11.8. The van der Waals surface area contributed by atoms with E-state index in [1.54, 1.807) is 0 Å². The van der Waals surface area contributed by atoms with Crippen molar-refractivity contribution in [1.82, 2.24) is 4.98 Å². The number of ketones is 1. The third kappa shape index (κ3) is 3.13. The van der Waals surface area contributed by atoms with E-state index in [1.807, 2.05) is 56.4 Å². The molecule has 1 heterocycles. The lowest BCUT2D eigenvalue weighted by Crippen LogP contribution is -2.16. The second kappa shape index (κ2) is 6.00. The summed E-state index contributed by atoms with van der Waals surface area (Å²) in [5.41, 5.74) is 3.95. The summed E-state index contributed by atoms with van der Waals surface area (Å²) < 4.78 is 0. The van der Waals surface area contributed by atoms with E-state index in [4.69, 9.17) is 0 Å². The van der Waals surface area contributed by atoms with Crippen LogP contribution in [0.4, 0.5) is 0 Å². The summed E-state index contributed by atoms with van der Waals surface area (Å²) in [6.07, 6.45) is 1.81. The van der Waals surface area contributed by atoms with Gasteiger partial charge in [-0.05, 0) is 30.5 Å². The van der Waals surface area contributed by atoms with Crippen LogP contribution in [0.3, 0.4) is 0 Å². The predicted octanol–water partition coefficient (Wildman–Crippen LogP) is 4.53. The lowest BCUT2D eigenvalue weighted by molar-refractivity contribution is 0.0900. The van der Waals surface area contributed by atoms with E-state index < -0.39 is 0 Å². The molecule has 0 amide bonds. The van der Waals surface area contributed by atoms with E-state index >= 15 is 0 Å². The van der Waals surface area contributed by atoms with Crippen molar-refractivity contribution >= 4 is 5.78 Å². The molecule has 0 radical (unpaired) electrons. The number of rotatable bonds is 4. The van der Waals surface area contributed by atoms with Crippen molar-refractivity contribution in [3.05, 3.63) is 53.7 Å². The number of hydrogen-bond donors (Lipinski definition) is 0. The second-order valence-electron chi connectivity index (χ2n) is 5.69. The quantitative estimate of drug-likeness (QED) is 0.762. The molecule has 2 rings (SSSR count). The van der Waals surface area contributed by atoms with Gasteiger partial charge in [0.25, 0.3) is 0 Å². The van der Waals surface area contributed by atoms with Crippen LogP contribution in [0.1, 0.15) is 36.7 Å². The predicted molar refractivity (Wildman–Crippen MR) is 82.7 cm³/mol. The number of pyridine rings is 1. The van der Waals surface area contributed by atoms with Gasteiger partial charge in [-0.1, -0.05) is 45.0 Å². The Labute approximate surface area is 120 Å². The summed E-state index contributed by atoms with van der Waals surface area (Å²) in [4.78, 5) is 16.6. The van der Waals surface area contributed by atoms with Gasteiger partial charge in [-0.2, -0.15) is 0 Å². The molecule has 2 heteroatoms. The number of aryl methyl sites for hydroxylation is 1. The molecule has 20 heavy (non-hydrogen) atoms.